The summed E-state index contributed by atoms with van der Waals surface area (Å²) in [7, 11) is 4.47. The van der Waals surface area contributed by atoms with Crippen molar-refractivity contribution in [2.75, 3.05) is 14.1 Å². The van der Waals surface area contributed by atoms with E-state index in [4.69, 9.17) is 0 Å². The summed E-state index contributed by atoms with van der Waals surface area (Å²) in [5.74, 6) is 2.00. The predicted molar refractivity (Wildman–Crippen MR) is 90.8 cm³/mol. The van der Waals surface area contributed by atoms with Gasteiger partial charge in [0.25, 0.3) is 0 Å². The molecule has 1 atom stereocenters. The Hall–Kier alpha value is -0.0400. The van der Waals surface area contributed by atoms with E-state index in [1.165, 1.54) is 44.9 Å². The Labute approximate surface area is 124 Å². The Kier molecular flexibility index (Phi) is 16.1. The zero-order valence-electron chi connectivity index (χ0n) is 15.1. The molecule has 0 heterocycles. The summed E-state index contributed by atoms with van der Waals surface area (Å²) >= 11 is 0. The minimum atomic E-state index is 0.827. The minimum absolute atomic E-state index is 0.827. The molecule has 1 fully saturated rings. The first-order chi connectivity index (χ1) is 9.10. The highest BCUT2D eigenvalue weighted by molar-refractivity contribution is 4.80. The summed E-state index contributed by atoms with van der Waals surface area (Å²) in [6.07, 6.45) is 9.85. The van der Waals surface area contributed by atoms with Crippen LogP contribution in [0, 0.1) is 11.8 Å². The van der Waals surface area contributed by atoms with Crippen LogP contribution in [-0.2, 0) is 0 Å². The molecular weight excluding hydrogens is 230 g/mol. The van der Waals surface area contributed by atoms with Gasteiger partial charge >= 0.3 is 0 Å². The first kappa shape index (κ1) is 21.3. The van der Waals surface area contributed by atoms with Crippen molar-refractivity contribution in [1.29, 1.82) is 0 Å². The Morgan fingerprint density at radius 3 is 1.58 bits per heavy atom. The lowest BCUT2D eigenvalue weighted by Crippen LogP contribution is -2.36. The second kappa shape index (κ2) is 14.4. The van der Waals surface area contributed by atoms with Crippen molar-refractivity contribution in [2.24, 2.45) is 11.8 Å². The van der Waals surface area contributed by atoms with E-state index in [1.807, 2.05) is 13.8 Å². The predicted octanol–water partition coefficient (Wildman–Crippen LogP) is 5.99. The average molecular weight is 272 g/mol. The number of hydrogen-bond donors (Lipinski definition) is 0. The fourth-order valence-electron chi connectivity index (χ4n) is 3.10. The van der Waals surface area contributed by atoms with Crippen molar-refractivity contribution in [3.63, 3.8) is 0 Å². The van der Waals surface area contributed by atoms with E-state index in [-0.39, 0.29) is 0 Å². The lowest BCUT2D eigenvalue weighted by molar-refractivity contribution is 0.143. The van der Waals surface area contributed by atoms with Crippen LogP contribution in [0.2, 0.25) is 0 Å². The van der Waals surface area contributed by atoms with Crippen molar-refractivity contribution < 1.29 is 0 Å². The van der Waals surface area contributed by atoms with E-state index in [2.05, 4.69) is 46.7 Å². The van der Waals surface area contributed by atoms with Crippen LogP contribution in [0.5, 0.6) is 0 Å². The second-order valence-electron chi connectivity index (χ2n) is 5.84. The average Bonchev–Trinajstić information content (AvgIpc) is 2.43. The summed E-state index contributed by atoms with van der Waals surface area (Å²) in [6, 6.07) is 0.827. The van der Waals surface area contributed by atoms with Gasteiger partial charge in [0.2, 0.25) is 0 Å². The maximum absolute atomic E-state index is 2.43. The Bertz CT molecular complexity index is 157. The fraction of sp³-hybridized carbons (Fsp3) is 1.00. The highest BCUT2D eigenvalue weighted by atomic mass is 15.1. The number of rotatable bonds is 4. The third-order valence-corrected chi connectivity index (χ3v) is 4.09. The van der Waals surface area contributed by atoms with E-state index in [9.17, 15) is 0 Å². The summed E-state index contributed by atoms with van der Waals surface area (Å²) in [5.41, 5.74) is 0. The summed E-state index contributed by atoms with van der Waals surface area (Å²) in [5, 5.41) is 0. The van der Waals surface area contributed by atoms with Crippen LogP contribution in [0.1, 0.15) is 86.5 Å². The Morgan fingerprint density at radius 1 is 0.895 bits per heavy atom. The molecular formula is C18H41N. The molecule has 0 bridgehead atoms. The molecule has 0 radical (unpaired) electrons. The normalized spacial score (nSPS) is 23.8. The molecule has 1 nitrogen and oxygen atoms in total. The van der Waals surface area contributed by atoms with Crippen LogP contribution >= 0.6 is 0 Å². The maximum atomic E-state index is 2.43. The monoisotopic (exact) mass is 271 g/mol. The first-order valence-corrected chi connectivity index (χ1v) is 8.76. The van der Waals surface area contributed by atoms with Crippen LogP contribution in [0.25, 0.3) is 0 Å². The van der Waals surface area contributed by atoms with Gasteiger partial charge in [-0.15, -0.1) is 0 Å². The van der Waals surface area contributed by atoms with Gasteiger partial charge in [-0.05, 0) is 45.2 Å². The zero-order chi connectivity index (χ0) is 15.3. The zero-order valence-corrected chi connectivity index (χ0v) is 15.1. The van der Waals surface area contributed by atoms with E-state index in [1.54, 1.807) is 0 Å². The minimum Gasteiger partial charge on any atom is -0.306 e. The van der Waals surface area contributed by atoms with Gasteiger partial charge in [-0.25, -0.2) is 0 Å². The highest BCUT2D eigenvalue weighted by Gasteiger charge is 2.26. The largest absolute Gasteiger partial charge is 0.306 e. The smallest absolute Gasteiger partial charge is 0.0115 e. The van der Waals surface area contributed by atoms with E-state index >= 15 is 0 Å². The summed E-state index contributed by atoms with van der Waals surface area (Å²) in [4.78, 5) is 2.43. The summed E-state index contributed by atoms with van der Waals surface area (Å²) in [6.45, 7) is 12.9. The third kappa shape index (κ3) is 9.49. The van der Waals surface area contributed by atoms with Crippen LogP contribution in [0.3, 0.4) is 0 Å². The van der Waals surface area contributed by atoms with Crippen molar-refractivity contribution in [2.45, 2.75) is 92.5 Å². The van der Waals surface area contributed by atoms with Gasteiger partial charge in [-0.3, -0.25) is 0 Å². The van der Waals surface area contributed by atoms with Gasteiger partial charge in [0, 0.05) is 6.04 Å². The molecule has 0 spiro atoms. The molecule has 0 aromatic rings. The van der Waals surface area contributed by atoms with E-state index in [0.717, 1.165) is 17.9 Å². The molecule has 0 aromatic carbocycles. The van der Waals surface area contributed by atoms with Crippen LogP contribution in [0.15, 0.2) is 0 Å². The van der Waals surface area contributed by atoms with Gasteiger partial charge < -0.3 is 4.90 Å². The molecule has 118 valence electrons. The quantitative estimate of drug-likeness (QED) is 0.607. The molecule has 0 aliphatic heterocycles. The molecule has 0 amide bonds. The standard InChI is InChI=1S/C13H27N.C3H8.C2H6/c1-5-11-7-9-12(10-8-11)13(6-2)14(3)4;1-3-2;1-2/h11-13H,5-10H2,1-4H3;3H2,1-2H3;1-2H3. The Balaban J connectivity index is 0. The molecule has 0 aromatic heterocycles. The van der Waals surface area contributed by atoms with Gasteiger partial charge in [-0.2, -0.15) is 0 Å². The van der Waals surface area contributed by atoms with Crippen molar-refractivity contribution in [3.05, 3.63) is 0 Å². The molecule has 1 aliphatic carbocycles. The number of hydrogen-bond acceptors (Lipinski definition) is 1. The van der Waals surface area contributed by atoms with Gasteiger partial charge in [0.1, 0.15) is 0 Å². The van der Waals surface area contributed by atoms with Crippen LogP contribution in [-0.4, -0.2) is 25.0 Å². The lowest BCUT2D eigenvalue weighted by Gasteiger charge is -2.36. The lowest BCUT2D eigenvalue weighted by atomic mass is 9.77. The fourth-order valence-corrected chi connectivity index (χ4v) is 3.10. The van der Waals surface area contributed by atoms with Gasteiger partial charge in [0.05, 0.1) is 0 Å². The maximum Gasteiger partial charge on any atom is 0.0115 e. The molecule has 1 aliphatic rings. The van der Waals surface area contributed by atoms with Gasteiger partial charge in [0.15, 0.2) is 0 Å². The molecule has 1 unspecified atom stereocenters. The SMILES string of the molecule is CC.CCC.CCC1CCC(C(CC)N(C)C)CC1. The third-order valence-electron chi connectivity index (χ3n) is 4.09. The van der Waals surface area contributed by atoms with Crippen LogP contribution in [0.4, 0.5) is 0 Å². The topological polar surface area (TPSA) is 3.24 Å². The van der Waals surface area contributed by atoms with Crippen molar-refractivity contribution >= 4 is 0 Å². The van der Waals surface area contributed by atoms with Crippen molar-refractivity contribution in [1.82, 2.24) is 4.90 Å². The van der Waals surface area contributed by atoms with E-state index < -0.39 is 0 Å². The molecule has 1 heteroatoms. The highest BCUT2D eigenvalue weighted by Crippen LogP contribution is 2.34. The molecule has 1 saturated carbocycles. The molecule has 1 rings (SSSR count). The number of nitrogens with zero attached hydrogens (tertiary/aromatic N) is 1. The van der Waals surface area contributed by atoms with Crippen molar-refractivity contribution in [3.8, 4) is 0 Å². The summed E-state index contributed by atoms with van der Waals surface area (Å²) < 4.78 is 0. The molecule has 0 saturated heterocycles. The molecule has 19 heavy (non-hydrogen) atoms. The Morgan fingerprint density at radius 2 is 1.32 bits per heavy atom. The van der Waals surface area contributed by atoms with Crippen LogP contribution < -0.4 is 0 Å². The van der Waals surface area contributed by atoms with Gasteiger partial charge in [-0.1, -0.05) is 67.2 Å². The van der Waals surface area contributed by atoms with E-state index in [0.29, 0.717) is 0 Å². The second-order valence-corrected chi connectivity index (χ2v) is 5.84. The molecule has 0 N–H and O–H groups in total. The first-order valence-electron chi connectivity index (χ1n) is 8.76.